The Morgan fingerprint density at radius 2 is 1.45 bits per heavy atom. The molecule has 5 nitrogen and oxygen atoms in total. The summed E-state index contributed by atoms with van der Waals surface area (Å²) >= 11 is 1.44. The third kappa shape index (κ3) is 4.87. The second-order valence-electron chi connectivity index (χ2n) is 8.30. The van der Waals surface area contributed by atoms with Crippen LogP contribution in [0.3, 0.4) is 0 Å². The summed E-state index contributed by atoms with van der Waals surface area (Å²) in [4.78, 5) is 21.2. The van der Waals surface area contributed by atoms with Gasteiger partial charge >= 0.3 is 0 Å². The molecule has 0 aliphatic carbocycles. The Hall–Kier alpha value is -3.35. The number of aliphatic imine (C=N–C) groups is 1. The summed E-state index contributed by atoms with van der Waals surface area (Å²) in [6.07, 6.45) is 1.84. The number of piperazine rings is 1. The Balaban J connectivity index is 1.28. The zero-order chi connectivity index (χ0) is 22.6. The molecule has 2 aliphatic heterocycles. The van der Waals surface area contributed by atoms with E-state index in [1.54, 1.807) is 24.3 Å². The molecule has 1 saturated heterocycles. The molecular weight excluding hydrogens is 430 g/mol. The van der Waals surface area contributed by atoms with Gasteiger partial charge in [-0.15, -0.1) is 0 Å². The third-order valence-electron chi connectivity index (χ3n) is 6.15. The van der Waals surface area contributed by atoms with E-state index in [-0.39, 0.29) is 11.7 Å². The van der Waals surface area contributed by atoms with Crippen LogP contribution in [0, 0.1) is 0 Å². The summed E-state index contributed by atoms with van der Waals surface area (Å²) < 4.78 is 0. The van der Waals surface area contributed by atoms with Gasteiger partial charge in [0.1, 0.15) is 11.8 Å². The fourth-order valence-corrected chi connectivity index (χ4v) is 5.45. The van der Waals surface area contributed by atoms with Gasteiger partial charge in [-0.25, -0.2) is 0 Å². The first-order chi connectivity index (χ1) is 16.2. The van der Waals surface area contributed by atoms with E-state index in [0.29, 0.717) is 10.9 Å². The minimum Gasteiger partial charge on any atom is -0.508 e. The molecule has 2 aliphatic rings. The van der Waals surface area contributed by atoms with Crippen LogP contribution in [0.5, 0.6) is 5.75 Å². The number of carbonyl (C=O) groups is 1. The van der Waals surface area contributed by atoms with Gasteiger partial charge < -0.3 is 14.9 Å². The minimum absolute atomic E-state index is 0.190. The van der Waals surface area contributed by atoms with Gasteiger partial charge in [0.2, 0.25) is 0 Å². The third-order valence-corrected chi connectivity index (χ3v) is 7.19. The van der Waals surface area contributed by atoms with Gasteiger partial charge in [-0.2, -0.15) is 4.99 Å². The van der Waals surface area contributed by atoms with Crippen molar-refractivity contribution in [1.82, 2.24) is 4.90 Å². The SMILES string of the molecule is O=C1N=C(N2CC[NH+](C(c3ccccc3)c3ccccc3)CC2)S/C1=C/c1ccc(O)cc1. The standard InChI is InChI=1S/C27H25N3O2S/c31-23-13-11-20(12-14-23)19-24-26(32)28-27(33-24)30-17-15-29(16-18-30)25(21-7-3-1-4-8-21)22-9-5-2-6-10-22/h1-14,19,25,31H,15-18H2/p+1/b24-19+. The molecule has 3 aromatic rings. The predicted molar refractivity (Wildman–Crippen MR) is 133 cm³/mol. The monoisotopic (exact) mass is 456 g/mol. The van der Waals surface area contributed by atoms with Crippen LogP contribution >= 0.6 is 11.8 Å². The average molecular weight is 457 g/mol. The van der Waals surface area contributed by atoms with Crippen molar-refractivity contribution in [3.63, 3.8) is 0 Å². The molecule has 3 aromatic carbocycles. The maximum absolute atomic E-state index is 12.5. The molecule has 6 heteroatoms. The number of nitrogens with one attached hydrogen (secondary N) is 1. The van der Waals surface area contributed by atoms with Gasteiger partial charge in [-0.3, -0.25) is 4.79 Å². The Morgan fingerprint density at radius 1 is 0.879 bits per heavy atom. The zero-order valence-electron chi connectivity index (χ0n) is 18.2. The number of thioether (sulfide) groups is 1. The molecule has 0 aromatic heterocycles. The Bertz CT molecular complexity index is 1130. The largest absolute Gasteiger partial charge is 0.508 e. The first kappa shape index (κ1) is 21.5. The van der Waals surface area contributed by atoms with Crippen LogP contribution in [-0.4, -0.2) is 47.3 Å². The lowest BCUT2D eigenvalue weighted by atomic mass is 9.96. The first-order valence-electron chi connectivity index (χ1n) is 11.2. The summed E-state index contributed by atoms with van der Waals surface area (Å²) in [7, 11) is 0. The summed E-state index contributed by atoms with van der Waals surface area (Å²) in [5.41, 5.74) is 3.53. The van der Waals surface area contributed by atoms with E-state index in [9.17, 15) is 9.90 Å². The number of amides is 1. The van der Waals surface area contributed by atoms with Crippen LogP contribution in [0.2, 0.25) is 0 Å². The maximum Gasteiger partial charge on any atom is 0.286 e. The normalized spacial score (nSPS) is 18.2. The van der Waals surface area contributed by atoms with Gasteiger partial charge in [0, 0.05) is 11.1 Å². The average Bonchev–Trinajstić information content (AvgIpc) is 3.22. The van der Waals surface area contributed by atoms with Crippen molar-refractivity contribution in [3.05, 3.63) is 107 Å². The van der Waals surface area contributed by atoms with Crippen molar-refractivity contribution in [3.8, 4) is 5.75 Å². The molecule has 5 rings (SSSR count). The number of hydrogen-bond donors (Lipinski definition) is 2. The topological polar surface area (TPSA) is 57.3 Å². The number of carbonyl (C=O) groups excluding carboxylic acids is 1. The molecule has 0 atom stereocenters. The smallest absolute Gasteiger partial charge is 0.286 e. The summed E-state index contributed by atoms with van der Waals surface area (Å²) in [6, 6.07) is 28.6. The van der Waals surface area contributed by atoms with Gasteiger partial charge in [-0.1, -0.05) is 72.8 Å². The van der Waals surface area contributed by atoms with Crippen LogP contribution in [0.25, 0.3) is 6.08 Å². The van der Waals surface area contributed by atoms with Gasteiger partial charge in [0.25, 0.3) is 5.91 Å². The second kappa shape index (κ2) is 9.65. The lowest BCUT2D eigenvalue weighted by molar-refractivity contribution is -0.929. The second-order valence-corrected chi connectivity index (χ2v) is 9.31. The highest BCUT2D eigenvalue weighted by Gasteiger charge is 2.33. The molecule has 1 amide bonds. The number of aromatic hydroxyl groups is 1. The molecule has 166 valence electrons. The molecule has 0 radical (unpaired) electrons. The fraction of sp³-hybridized carbons (Fsp3) is 0.185. The van der Waals surface area contributed by atoms with Crippen molar-refractivity contribution in [2.24, 2.45) is 4.99 Å². The number of rotatable bonds is 4. The maximum atomic E-state index is 12.5. The highest BCUT2D eigenvalue weighted by atomic mass is 32.2. The van der Waals surface area contributed by atoms with Gasteiger partial charge in [0.05, 0.1) is 31.1 Å². The van der Waals surface area contributed by atoms with Crippen LogP contribution in [-0.2, 0) is 4.79 Å². The molecular formula is C27H26N3O2S+. The van der Waals surface area contributed by atoms with Crippen molar-refractivity contribution in [1.29, 1.82) is 0 Å². The number of hydrogen-bond acceptors (Lipinski definition) is 4. The van der Waals surface area contributed by atoms with Crippen molar-refractivity contribution < 1.29 is 14.8 Å². The highest BCUT2D eigenvalue weighted by Crippen LogP contribution is 2.30. The van der Waals surface area contributed by atoms with Crippen LogP contribution < -0.4 is 4.90 Å². The van der Waals surface area contributed by atoms with Crippen LogP contribution in [0.15, 0.2) is 94.8 Å². The molecule has 2 N–H and O–H groups in total. The number of nitrogens with zero attached hydrogens (tertiary/aromatic N) is 2. The number of phenolic OH excluding ortho intramolecular Hbond substituents is 1. The van der Waals surface area contributed by atoms with E-state index >= 15 is 0 Å². The van der Waals surface area contributed by atoms with E-state index in [2.05, 4.69) is 70.6 Å². The molecule has 0 bridgehead atoms. The fourth-order valence-electron chi connectivity index (χ4n) is 4.48. The minimum atomic E-state index is -0.190. The van der Waals surface area contributed by atoms with E-state index < -0.39 is 0 Å². The van der Waals surface area contributed by atoms with Crippen molar-refractivity contribution >= 4 is 28.9 Å². The molecule has 1 fully saturated rings. The molecule has 0 saturated carbocycles. The Kier molecular flexibility index (Phi) is 6.28. The predicted octanol–water partition coefficient (Wildman–Crippen LogP) is 3.35. The van der Waals surface area contributed by atoms with Gasteiger partial charge in [-0.05, 0) is 35.5 Å². The van der Waals surface area contributed by atoms with Gasteiger partial charge in [0.15, 0.2) is 5.17 Å². The number of quaternary nitrogens is 1. The lowest BCUT2D eigenvalue weighted by Gasteiger charge is -2.37. The molecule has 0 unspecified atom stereocenters. The lowest BCUT2D eigenvalue weighted by Crippen LogP contribution is -3.15. The van der Waals surface area contributed by atoms with E-state index in [1.807, 2.05) is 6.08 Å². The number of benzene rings is 3. The molecule has 0 spiro atoms. The van der Waals surface area contributed by atoms with E-state index in [4.69, 9.17) is 0 Å². The van der Waals surface area contributed by atoms with Crippen molar-refractivity contribution in [2.75, 3.05) is 26.2 Å². The number of phenols is 1. The van der Waals surface area contributed by atoms with E-state index in [0.717, 1.165) is 36.9 Å². The Morgan fingerprint density at radius 3 is 2.03 bits per heavy atom. The number of amidine groups is 1. The Labute approximate surface area is 198 Å². The van der Waals surface area contributed by atoms with Crippen molar-refractivity contribution in [2.45, 2.75) is 6.04 Å². The zero-order valence-corrected chi connectivity index (χ0v) is 19.0. The summed E-state index contributed by atoms with van der Waals surface area (Å²) in [6.45, 7) is 3.66. The van der Waals surface area contributed by atoms with Crippen LogP contribution in [0.1, 0.15) is 22.7 Å². The molecule has 33 heavy (non-hydrogen) atoms. The van der Waals surface area contributed by atoms with E-state index in [1.165, 1.54) is 27.8 Å². The quantitative estimate of drug-likeness (QED) is 0.592. The molecule has 2 heterocycles. The van der Waals surface area contributed by atoms with Crippen LogP contribution in [0.4, 0.5) is 0 Å². The first-order valence-corrected chi connectivity index (χ1v) is 12.0. The highest BCUT2D eigenvalue weighted by molar-refractivity contribution is 8.18. The summed E-state index contributed by atoms with van der Waals surface area (Å²) in [5.74, 6) is 0.0217. The summed E-state index contributed by atoms with van der Waals surface area (Å²) in [5, 5.41) is 10.3.